The fraction of sp³-hybridized carbons (Fsp3) is 0.471. The summed E-state index contributed by atoms with van der Waals surface area (Å²) in [4.78, 5) is 29.8. The Balaban J connectivity index is 1.87. The van der Waals surface area contributed by atoms with E-state index in [0.717, 1.165) is 18.7 Å². The van der Waals surface area contributed by atoms with Crippen molar-refractivity contribution in [2.24, 2.45) is 5.41 Å². The zero-order valence-corrected chi connectivity index (χ0v) is 13.2. The zero-order valence-electron chi connectivity index (χ0n) is 13.2. The fourth-order valence-electron chi connectivity index (χ4n) is 3.02. The summed E-state index contributed by atoms with van der Waals surface area (Å²) in [6, 6.07) is 5.54. The third-order valence-corrected chi connectivity index (χ3v) is 4.20. The molecule has 0 aliphatic carbocycles. The lowest BCUT2D eigenvalue weighted by molar-refractivity contribution is -0.153. The molecule has 0 unspecified atom stereocenters. The van der Waals surface area contributed by atoms with Gasteiger partial charge in [0.2, 0.25) is 5.91 Å². The average molecular weight is 317 g/mol. The molecule has 2 heterocycles. The Hall–Kier alpha value is -2.21. The molecule has 6 heteroatoms. The standard InChI is InChI=1S/C17H23N3O3/c1-2-7-17(16(22)23)8-5-10-20(13-17)12-15(21)19-11-14-6-3-4-9-18-14/h2-4,6,9H,1,5,7-8,10-13H2,(H,19,21)(H,22,23)/t17-/m0/s1. The van der Waals surface area contributed by atoms with Crippen LogP contribution in [0.5, 0.6) is 0 Å². The minimum atomic E-state index is -0.818. The number of rotatable bonds is 7. The van der Waals surface area contributed by atoms with Gasteiger partial charge in [0, 0.05) is 12.7 Å². The Morgan fingerprint density at radius 3 is 2.96 bits per heavy atom. The molecule has 1 aromatic heterocycles. The van der Waals surface area contributed by atoms with Gasteiger partial charge in [-0.1, -0.05) is 12.1 Å². The van der Waals surface area contributed by atoms with Crippen molar-refractivity contribution in [1.82, 2.24) is 15.2 Å². The van der Waals surface area contributed by atoms with Crippen LogP contribution in [0.3, 0.4) is 0 Å². The molecule has 23 heavy (non-hydrogen) atoms. The van der Waals surface area contributed by atoms with E-state index in [4.69, 9.17) is 0 Å². The molecule has 2 N–H and O–H groups in total. The van der Waals surface area contributed by atoms with E-state index in [0.29, 0.717) is 25.9 Å². The number of piperidine rings is 1. The van der Waals surface area contributed by atoms with Gasteiger partial charge in [-0.15, -0.1) is 6.58 Å². The van der Waals surface area contributed by atoms with Crippen molar-refractivity contribution in [3.63, 3.8) is 0 Å². The van der Waals surface area contributed by atoms with E-state index in [9.17, 15) is 14.7 Å². The van der Waals surface area contributed by atoms with Crippen molar-refractivity contribution in [1.29, 1.82) is 0 Å². The van der Waals surface area contributed by atoms with Gasteiger partial charge >= 0.3 is 5.97 Å². The molecule has 0 spiro atoms. The van der Waals surface area contributed by atoms with Gasteiger partial charge in [0.15, 0.2) is 0 Å². The van der Waals surface area contributed by atoms with Gasteiger partial charge in [-0.25, -0.2) is 0 Å². The molecule has 1 saturated heterocycles. The highest BCUT2D eigenvalue weighted by atomic mass is 16.4. The largest absolute Gasteiger partial charge is 0.481 e. The van der Waals surface area contributed by atoms with E-state index in [-0.39, 0.29) is 12.5 Å². The summed E-state index contributed by atoms with van der Waals surface area (Å²) >= 11 is 0. The number of carboxylic acids is 1. The van der Waals surface area contributed by atoms with Crippen LogP contribution >= 0.6 is 0 Å². The van der Waals surface area contributed by atoms with Crippen molar-refractivity contribution in [3.05, 3.63) is 42.7 Å². The summed E-state index contributed by atoms with van der Waals surface area (Å²) in [7, 11) is 0. The second-order valence-electron chi connectivity index (χ2n) is 5.99. The molecular formula is C17H23N3O3. The number of hydrogen-bond donors (Lipinski definition) is 2. The Labute approximate surface area is 136 Å². The summed E-state index contributed by atoms with van der Waals surface area (Å²) in [6.07, 6.45) is 5.16. The lowest BCUT2D eigenvalue weighted by Gasteiger charge is -2.39. The monoisotopic (exact) mass is 317 g/mol. The minimum Gasteiger partial charge on any atom is -0.481 e. The number of amides is 1. The molecule has 0 aromatic carbocycles. The van der Waals surface area contributed by atoms with Crippen LogP contribution in [0.2, 0.25) is 0 Å². The summed E-state index contributed by atoms with van der Waals surface area (Å²) in [5.41, 5.74) is -0.0209. The number of nitrogens with zero attached hydrogens (tertiary/aromatic N) is 2. The van der Waals surface area contributed by atoms with Gasteiger partial charge in [-0.05, 0) is 37.9 Å². The van der Waals surface area contributed by atoms with Gasteiger partial charge in [0.05, 0.1) is 24.2 Å². The molecule has 0 bridgehead atoms. The van der Waals surface area contributed by atoms with E-state index < -0.39 is 11.4 Å². The van der Waals surface area contributed by atoms with Crippen molar-refractivity contribution in [3.8, 4) is 0 Å². The topological polar surface area (TPSA) is 82.5 Å². The summed E-state index contributed by atoms with van der Waals surface area (Å²) in [5.74, 6) is -0.925. The number of carbonyl (C=O) groups is 2. The fourth-order valence-corrected chi connectivity index (χ4v) is 3.02. The number of carboxylic acid groups (broad SMARTS) is 1. The molecule has 6 nitrogen and oxygen atoms in total. The van der Waals surface area contributed by atoms with Gasteiger partial charge in [0.1, 0.15) is 0 Å². The Morgan fingerprint density at radius 1 is 1.48 bits per heavy atom. The van der Waals surface area contributed by atoms with Gasteiger partial charge in [-0.2, -0.15) is 0 Å². The van der Waals surface area contributed by atoms with Crippen LogP contribution in [0.25, 0.3) is 0 Å². The van der Waals surface area contributed by atoms with E-state index >= 15 is 0 Å². The van der Waals surface area contributed by atoms with Crippen molar-refractivity contribution >= 4 is 11.9 Å². The molecule has 1 amide bonds. The van der Waals surface area contributed by atoms with E-state index in [1.165, 1.54) is 0 Å². The van der Waals surface area contributed by atoms with Crippen LogP contribution in [-0.4, -0.2) is 46.5 Å². The summed E-state index contributed by atoms with van der Waals surface area (Å²) < 4.78 is 0. The SMILES string of the molecule is C=CC[C@]1(C(=O)O)CCCN(CC(=O)NCc2ccccn2)C1. The normalized spacial score (nSPS) is 21.6. The van der Waals surface area contributed by atoms with Crippen LogP contribution in [0.1, 0.15) is 25.0 Å². The molecule has 1 aliphatic heterocycles. The van der Waals surface area contributed by atoms with Crippen LogP contribution < -0.4 is 5.32 Å². The Morgan fingerprint density at radius 2 is 2.30 bits per heavy atom. The lowest BCUT2D eigenvalue weighted by atomic mass is 9.77. The summed E-state index contributed by atoms with van der Waals surface area (Å²) in [5, 5.41) is 12.4. The predicted octanol–water partition coefficient (Wildman–Crippen LogP) is 1.44. The van der Waals surface area contributed by atoms with Crippen LogP contribution in [0.4, 0.5) is 0 Å². The second kappa shape index (κ2) is 7.87. The molecule has 2 rings (SSSR count). The molecular weight excluding hydrogens is 294 g/mol. The number of likely N-dealkylation sites (tertiary alicyclic amines) is 1. The maximum Gasteiger partial charge on any atom is 0.311 e. The first-order valence-electron chi connectivity index (χ1n) is 7.79. The molecule has 124 valence electrons. The number of allylic oxidation sites excluding steroid dienone is 1. The molecule has 1 atom stereocenters. The average Bonchev–Trinajstić information content (AvgIpc) is 2.54. The number of hydrogen-bond acceptors (Lipinski definition) is 4. The number of pyridine rings is 1. The highest BCUT2D eigenvalue weighted by Crippen LogP contribution is 2.34. The van der Waals surface area contributed by atoms with Gasteiger partial charge in [0.25, 0.3) is 0 Å². The third-order valence-electron chi connectivity index (χ3n) is 4.20. The maximum atomic E-state index is 12.1. The predicted molar refractivity (Wildman–Crippen MR) is 86.6 cm³/mol. The smallest absolute Gasteiger partial charge is 0.311 e. The van der Waals surface area contributed by atoms with Gasteiger partial charge in [-0.3, -0.25) is 19.5 Å². The van der Waals surface area contributed by atoms with Crippen molar-refractivity contribution in [2.45, 2.75) is 25.8 Å². The first-order valence-corrected chi connectivity index (χ1v) is 7.79. The Bertz CT molecular complexity index is 561. The summed E-state index contributed by atoms with van der Waals surface area (Å²) in [6.45, 7) is 5.37. The van der Waals surface area contributed by atoms with E-state index in [1.807, 2.05) is 23.1 Å². The molecule has 0 saturated carbocycles. The number of aliphatic carboxylic acids is 1. The molecule has 1 fully saturated rings. The maximum absolute atomic E-state index is 12.1. The Kier molecular flexibility index (Phi) is 5.87. The molecule has 1 aliphatic rings. The van der Waals surface area contributed by atoms with Crippen LogP contribution in [0.15, 0.2) is 37.1 Å². The first-order chi connectivity index (χ1) is 11.1. The second-order valence-corrected chi connectivity index (χ2v) is 5.99. The number of nitrogens with one attached hydrogen (secondary N) is 1. The number of aromatic nitrogens is 1. The lowest BCUT2D eigenvalue weighted by Crippen LogP contribution is -2.50. The molecule has 1 aromatic rings. The van der Waals surface area contributed by atoms with Crippen LogP contribution in [-0.2, 0) is 16.1 Å². The van der Waals surface area contributed by atoms with Gasteiger partial charge < -0.3 is 10.4 Å². The first kappa shape index (κ1) is 17.1. The quantitative estimate of drug-likeness (QED) is 0.744. The highest BCUT2D eigenvalue weighted by molar-refractivity contribution is 5.78. The minimum absolute atomic E-state index is 0.115. The third kappa shape index (κ3) is 4.63. The van der Waals surface area contributed by atoms with Crippen molar-refractivity contribution < 1.29 is 14.7 Å². The van der Waals surface area contributed by atoms with Crippen molar-refractivity contribution in [2.75, 3.05) is 19.6 Å². The number of carbonyl (C=O) groups excluding carboxylic acids is 1. The van der Waals surface area contributed by atoms with E-state index in [2.05, 4.69) is 16.9 Å². The molecule has 0 radical (unpaired) electrons. The highest BCUT2D eigenvalue weighted by Gasteiger charge is 2.41. The zero-order chi connectivity index (χ0) is 16.7. The van der Waals surface area contributed by atoms with Crippen LogP contribution in [0, 0.1) is 5.41 Å². The van der Waals surface area contributed by atoms with E-state index in [1.54, 1.807) is 12.3 Å².